The predicted octanol–water partition coefficient (Wildman–Crippen LogP) is 1.94. The summed E-state index contributed by atoms with van der Waals surface area (Å²) in [6.07, 6.45) is 0. The number of thiazole rings is 1. The summed E-state index contributed by atoms with van der Waals surface area (Å²) in [7, 11) is 0. The number of aryl methyl sites for hydroxylation is 1. The second-order valence-corrected chi connectivity index (χ2v) is 6.26. The van der Waals surface area contributed by atoms with E-state index < -0.39 is 10.8 Å². The number of nitrogens with two attached hydrogens (primary N) is 1. The van der Waals surface area contributed by atoms with Gasteiger partial charge in [-0.1, -0.05) is 0 Å². The standard InChI is InChI=1S/C15H18N6O4S/c1-8-14(21(24)25)26-15(18-8)20-13(23)11-4-3-10(17-6-5-16)7-12(11)19-9(2)22/h3-4,7,17H,5-6,16H2,1-2H3,(H,19,22)(H,18,20,23). The molecule has 0 atom stereocenters. The van der Waals surface area contributed by atoms with E-state index in [0.29, 0.717) is 24.5 Å². The number of nitro groups is 1. The molecule has 0 saturated heterocycles. The first-order chi connectivity index (χ1) is 12.3. The SMILES string of the molecule is CC(=O)Nc1cc(NCCN)ccc1C(=O)Nc1nc(C)c([N+](=O)[O-])s1. The van der Waals surface area contributed by atoms with Crippen LogP contribution in [0.5, 0.6) is 0 Å². The molecule has 0 unspecified atom stereocenters. The third-order valence-corrected chi connectivity index (χ3v) is 4.23. The van der Waals surface area contributed by atoms with E-state index in [4.69, 9.17) is 5.73 Å². The first kappa shape index (κ1) is 19.3. The predicted molar refractivity (Wildman–Crippen MR) is 99.7 cm³/mol. The van der Waals surface area contributed by atoms with Gasteiger partial charge in [-0.05, 0) is 36.5 Å². The molecule has 5 N–H and O–H groups in total. The molecule has 10 nitrogen and oxygen atoms in total. The molecule has 2 rings (SSSR count). The summed E-state index contributed by atoms with van der Waals surface area (Å²) < 4.78 is 0. The van der Waals surface area contributed by atoms with Crippen LogP contribution >= 0.6 is 11.3 Å². The van der Waals surface area contributed by atoms with Crippen molar-refractivity contribution in [1.82, 2.24) is 4.98 Å². The lowest BCUT2D eigenvalue weighted by Crippen LogP contribution is -2.18. The molecule has 0 aliphatic rings. The largest absolute Gasteiger partial charge is 0.384 e. The lowest BCUT2D eigenvalue weighted by molar-refractivity contribution is -0.380. The normalized spacial score (nSPS) is 10.3. The highest BCUT2D eigenvalue weighted by Crippen LogP contribution is 2.30. The van der Waals surface area contributed by atoms with Gasteiger partial charge < -0.3 is 16.4 Å². The number of carbonyl (C=O) groups is 2. The third kappa shape index (κ3) is 4.74. The Hall–Kier alpha value is -3.05. The molecule has 0 bridgehead atoms. The van der Waals surface area contributed by atoms with Gasteiger partial charge in [-0.25, -0.2) is 4.98 Å². The van der Waals surface area contributed by atoms with E-state index in [1.54, 1.807) is 12.1 Å². The van der Waals surface area contributed by atoms with Gasteiger partial charge in [0.1, 0.15) is 5.69 Å². The van der Waals surface area contributed by atoms with Crippen LogP contribution in [0.4, 0.5) is 21.5 Å². The average Bonchev–Trinajstić information content (AvgIpc) is 2.93. The Morgan fingerprint density at radius 1 is 1.35 bits per heavy atom. The van der Waals surface area contributed by atoms with Gasteiger partial charge in [-0.2, -0.15) is 0 Å². The summed E-state index contributed by atoms with van der Waals surface area (Å²) in [6, 6.07) is 4.82. The molecule has 1 aromatic carbocycles. The molecule has 0 aliphatic carbocycles. The monoisotopic (exact) mass is 378 g/mol. The van der Waals surface area contributed by atoms with E-state index in [9.17, 15) is 19.7 Å². The number of hydrogen-bond acceptors (Lipinski definition) is 8. The van der Waals surface area contributed by atoms with Crippen molar-refractivity contribution in [2.75, 3.05) is 29.0 Å². The van der Waals surface area contributed by atoms with Crippen molar-refractivity contribution in [3.05, 3.63) is 39.6 Å². The van der Waals surface area contributed by atoms with Crippen LogP contribution in [0.3, 0.4) is 0 Å². The van der Waals surface area contributed by atoms with E-state index in [0.717, 1.165) is 11.3 Å². The molecule has 0 aliphatic heterocycles. The molecular formula is C15H18N6O4S. The van der Waals surface area contributed by atoms with E-state index in [-0.39, 0.29) is 27.3 Å². The van der Waals surface area contributed by atoms with Crippen molar-refractivity contribution in [2.24, 2.45) is 5.73 Å². The quantitative estimate of drug-likeness (QED) is 0.424. The fraction of sp³-hybridized carbons (Fsp3) is 0.267. The number of hydrogen-bond donors (Lipinski definition) is 4. The summed E-state index contributed by atoms with van der Waals surface area (Å²) in [4.78, 5) is 38.3. The summed E-state index contributed by atoms with van der Waals surface area (Å²) in [6.45, 7) is 3.78. The fourth-order valence-electron chi connectivity index (χ4n) is 2.14. The highest BCUT2D eigenvalue weighted by atomic mass is 32.1. The number of carbonyl (C=O) groups excluding carboxylic acids is 2. The maximum absolute atomic E-state index is 12.5. The number of nitrogens with one attached hydrogen (secondary N) is 3. The molecule has 138 valence electrons. The Kier molecular flexibility index (Phi) is 6.20. The molecule has 1 aromatic heterocycles. The van der Waals surface area contributed by atoms with Gasteiger partial charge in [0.2, 0.25) is 5.91 Å². The van der Waals surface area contributed by atoms with E-state index in [2.05, 4.69) is 20.9 Å². The molecule has 0 radical (unpaired) electrons. The maximum atomic E-state index is 12.5. The van der Waals surface area contributed by atoms with Gasteiger partial charge >= 0.3 is 5.00 Å². The molecule has 0 saturated carbocycles. The van der Waals surface area contributed by atoms with Crippen molar-refractivity contribution < 1.29 is 14.5 Å². The lowest BCUT2D eigenvalue weighted by atomic mass is 10.1. The number of aromatic nitrogens is 1. The number of nitrogens with zero attached hydrogens (tertiary/aromatic N) is 2. The van der Waals surface area contributed by atoms with Crippen LogP contribution in [0.15, 0.2) is 18.2 Å². The summed E-state index contributed by atoms with van der Waals surface area (Å²) in [5, 5.41) is 19.0. The van der Waals surface area contributed by atoms with Crippen LogP contribution in [-0.4, -0.2) is 34.8 Å². The van der Waals surface area contributed by atoms with Gasteiger partial charge in [0.05, 0.1) is 16.2 Å². The Labute approximate surface area is 153 Å². The van der Waals surface area contributed by atoms with Crippen LogP contribution in [0, 0.1) is 17.0 Å². The van der Waals surface area contributed by atoms with Crippen LogP contribution in [0.25, 0.3) is 0 Å². The minimum absolute atomic E-state index is 0.110. The smallest absolute Gasteiger partial charge is 0.348 e. The fourth-order valence-corrected chi connectivity index (χ4v) is 2.91. The average molecular weight is 378 g/mol. The van der Waals surface area contributed by atoms with Crippen LogP contribution in [0.2, 0.25) is 0 Å². The number of rotatable bonds is 7. The minimum Gasteiger partial charge on any atom is -0.384 e. The van der Waals surface area contributed by atoms with Crippen LogP contribution < -0.4 is 21.7 Å². The molecule has 0 fully saturated rings. The van der Waals surface area contributed by atoms with Crippen LogP contribution in [0.1, 0.15) is 23.0 Å². The molecule has 0 spiro atoms. The second-order valence-electron chi connectivity index (χ2n) is 5.28. The molecule has 1 heterocycles. The van der Waals surface area contributed by atoms with E-state index >= 15 is 0 Å². The number of amides is 2. The maximum Gasteiger partial charge on any atom is 0.348 e. The van der Waals surface area contributed by atoms with Gasteiger partial charge in [0.25, 0.3) is 5.91 Å². The van der Waals surface area contributed by atoms with Gasteiger partial charge in [-0.3, -0.25) is 25.0 Å². The van der Waals surface area contributed by atoms with Gasteiger partial charge in [-0.15, -0.1) is 0 Å². The zero-order valence-electron chi connectivity index (χ0n) is 14.2. The third-order valence-electron chi connectivity index (χ3n) is 3.21. The van der Waals surface area contributed by atoms with Crippen LogP contribution in [-0.2, 0) is 4.79 Å². The zero-order chi connectivity index (χ0) is 19.3. The first-order valence-electron chi connectivity index (χ1n) is 7.60. The molecular weight excluding hydrogens is 360 g/mol. The highest BCUT2D eigenvalue weighted by Gasteiger charge is 2.20. The van der Waals surface area contributed by atoms with Crippen molar-refractivity contribution >= 4 is 44.7 Å². The summed E-state index contributed by atoms with van der Waals surface area (Å²) >= 11 is 0.769. The summed E-state index contributed by atoms with van der Waals surface area (Å²) in [5.74, 6) is -0.876. The number of benzene rings is 1. The van der Waals surface area contributed by atoms with E-state index in [1.807, 2.05) is 0 Å². The molecule has 26 heavy (non-hydrogen) atoms. The molecule has 11 heteroatoms. The highest BCUT2D eigenvalue weighted by molar-refractivity contribution is 7.19. The van der Waals surface area contributed by atoms with Crippen molar-refractivity contribution in [2.45, 2.75) is 13.8 Å². The molecule has 2 amide bonds. The zero-order valence-corrected chi connectivity index (χ0v) is 15.0. The topological polar surface area (TPSA) is 152 Å². The lowest BCUT2D eigenvalue weighted by Gasteiger charge is -2.12. The van der Waals surface area contributed by atoms with Gasteiger partial charge in [0, 0.05) is 25.7 Å². The Balaban J connectivity index is 2.27. The van der Waals surface area contributed by atoms with Crippen molar-refractivity contribution in [3.8, 4) is 0 Å². The Morgan fingerprint density at radius 2 is 2.08 bits per heavy atom. The Morgan fingerprint density at radius 3 is 2.65 bits per heavy atom. The first-order valence-corrected chi connectivity index (χ1v) is 8.42. The summed E-state index contributed by atoms with van der Waals surface area (Å²) in [5.41, 5.74) is 6.86. The molecule has 2 aromatic rings. The van der Waals surface area contributed by atoms with E-state index in [1.165, 1.54) is 19.9 Å². The van der Waals surface area contributed by atoms with Gasteiger partial charge in [0.15, 0.2) is 5.13 Å². The van der Waals surface area contributed by atoms with Crippen molar-refractivity contribution in [3.63, 3.8) is 0 Å². The second kappa shape index (κ2) is 8.36. The minimum atomic E-state index is -0.552. The van der Waals surface area contributed by atoms with Crippen molar-refractivity contribution in [1.29, 1.82) is 0 Å². The Bertz CT molecular complexity index is 851. The number of anilines is 3.